The minimum Gasteiger partial charge on any atom is -0.497 e. The zero-order valence-corrected chi connectivity index (χ0v) is 22.7. The molecule has 1 aliphatic rings. The first-order chi connectivity index (χ1) is 17.9. The van der Waals surface area contributed by atoms with Crippen LogP contribution in [0.2, 0.25) is 0 Å². The number of nitrogens with zero attached hydrogens (tertiary/aromatic N) is 4. The van der Waals surface area contributed by atoms with E-state index in [1.54, 1.807) is 7.11 Å². The van der Waals surface area contributed by atoms with Crippen molar-refractivity contribution in [2.75, 3.05) is 49.4 Å². The molecule has 1 amide bonds. The van der Waals surface area contributed by atoms with Crippen molar-refractivity contribution in [3.05, 3.63) is 54.4 Å². The number of carbonyl (C=O) groups is 1. The molecule has 198 valence electrons. The fourth-order valence-electron chi connectivity index (χ4n) is 4.06. The second-order valence-electron chi connectivity index (χ2n) is 9.26. The Kier molecular flexibility index (Phi) is 9.29. The molecule has 37 heavy (non-hydrogen) atoms. The Morgan fingerprint density at radius 2 is 1.70 bits per heavy atom. The van der Waals surface area contributed by atoms with Gasteiger partial charge >= 0.3 is 0 Å². The van der Waals surface area contributed by atoms with Crippen LogP contribution in [0.25, 0.3) is 0 Å². The van der Waals surface area contributed by atoms with Gasteiger partial charge in [-0.25, -0.2) is 0 Å². The van der Waals surface area contributed by atoms with Crippen LogP contribution in [0.15, 0.2) is 53.7 Å². The van der Waals surface area contributed by atoms with Crippen LogP contribution in [0.3, 0.4) is 0 Å². The summed E-state index contributed by atoms with van der Waals surface area (Å²) in [7, 11) is 1.63. The first-order valence-corrected chi connectivity index (χ1v) is 13.5. The monoisotopic (exact) mass is 525 g/mol. The van der Waals surface area contributed by atoms with E-state index in [1.807, 2.05) is 60.0 Å². The number of methoxy groups -OCH3 is 1. The zero-order valence-electron chi connectivity index (χ0n) is 21.8. The van der Waals surface area contributed by atoms with Gasteiger partial charge < -0.3 is 29.0 Å². The van der Waals surface area contributed by atoms with Gasteiger partial charge in [-0.15, -0.1) is 10.2 Å². The predicted octanol–water partition coefficient (Wildman–Crippen LogP) is 4.65. The first kappa shape index (κ1) is 26.8. The molecule has 0 aliphatic carbocycles. The second-order valence-corrected chi connectivity index (χ2v) is 10.2. The number of aromatic nitrogens is 3. The Labute approximate surface area is 222 Å². The van der Waals surface area contributed by atoms with Crippen LogP contribution in [0.1, 0.15) is 32.7 Å². The van der Waals surface area contributed by atoms with E-state index in [4.69, 9.17) is 14.2 Å². The van der Waals surface area contributed by atoms with Gasteiger partial charge in [-0.1, -0.05) is 25.6 Å². The fourth-order valence-corrected chi connectivity index (χ4v) is 4.81. The van der Waals surface area contributed by atoms with E-state index in [2.05, 4.69) is 34.3 Å². The Hall–Kier alpha value is -3.24. The quantitative estimate of drug-likeness (QED) is 0.362. The van der Waals surface area contributed by atoms with Crippen molar-refractivity contribution in [1.82, 2.24) is 14.8 Å². The van der Waals surface area contributed by atoms with Gasteiger partial charge in [0.15, 0.2) is 17.1 Å². The number of rotatable bonds is 11. The second kappa shape index (κ2) is 12.8. The van der Waals surface area contributed by atoms with Crippen LogP contribution < -0.4 is 19.7 Å². The highest BCUT2D eigenvalue weighted by Gasteiger charge is 2.21. The van der Waals surface area contributed by atoms with Crippen molar-refractivity contribution in [3.63, 3.8) is 0 Å². The Bertz CT molecular complexity index is 1140. The average molecular weight is 526 g/mol. The third kappa shape index (κ3) is 7.39. The summed E-state index contributed by atoms with van der Waals surface area (Å²) in [5.74, 6) is 2.74. The van der Waals surface area contributed by atoms with Crippen molar-refractivity contribution >= 4 is 29.0 Å². The number of nitrogens with one attached hydrogen (secondary N) is 1. The number of morpholine rings is 1. The summed E-state index contributed by atoms with van der Waals surface area (Å²) in [4.78, 5) is 15.0. The van der Waals surface area contributed by atoms with Crippen molar-refractivity contribution in [3.8, 4) is 11.5 Å². The van der Waals surface area contributed by atoms with Crippen LogP contribution in [-0.4, -0.2) is 59.8 Å². The molecule has 10 heteroatoms. The number of hydrogen-bond acceptors (Lipinski definition) is 8. The summed E-state index contributed by atoms with van der Waals surface area (Å²) in [6.07, 6.45) is -0.312. The summed E-state index contributed by atoms with van der Waals surface area (Å²) in [5, 5.41) is 12.5. The van der Waals surface area contributed by atoms with Gasteiger partial charge in [0.25, 0.3) is 0 Å². The molecule has 1 fully saturated rings. The standard InChI is InChI=1S/C27H35N5O4S/c1-19(2)17-32-26(20(3)36-24-11-9-23(34-4)10-12-24)29-30-27(32)37-18-25(33)28-21-5-7-22(8-6-21)31-13-15-35-16-14-31/h5-12,19-20H,13-18H2,1-4H3,(H,28,33). The van der Waals surface area contributed by atoms with Crippen molar-refractivity contribution < 1.29 is 19.0 Å². The lowest BCUT2D eigenvalue weighted by atomic mass is 10.2. The maximum absolute atomic E-state index is 12.7. The molecule has 0 bridgehead atoms. The number of carbonyl (C=O) groups excluding carboxylic acids is 1. The van der Waals surface area contributed by atoms with Gasteiger partial charge in [0, 0.05) is 31.0 Å². The smallest absolute Gasteiger partial charge is 0.234 e. The van der Waals surface area contributed by atoms with E-state index >= 15 is 0 Å². The summed E-state index contributed by atoms with van der Waals surface area (Å²) in [6, 6.07) is 15.4. The van der Waals surface area contributed by atoms with Crippen molar-refractivity contribution in [1.29, 1.82) is 0 Å². The first-order valence-electron chi connectivity index (χ1n) is 12.5. The van der Waals surface area contributed by atoms with E-state index in [9.17, 15) is 4.79 Å². The molecule has 1 saturated heterocycles. The molecule has 0 spiro atoms. The number of amides is 1. The SMILES string of the molecule is COc1ccc(OC(C)c2nnc(SCC(=O)Nc3ccc(N4CCOCC4)cc3)n2CC(C)C)cc1. The number of anilines is 2. The maximum Gasteiger partial charge on any atom is 0.234 e. The molecule has 2 heterocycles. The number of ether oxygens (including phenoxy) is 3. The molecular formula is C27H35N5O4S. The van der Waals surface area contributed by atoms with E-state index in [-0.39, 0.29) is 17.8 Å². The minimum atomic E-state index is -0.312. The predicted molar refractivity (Wildman–Crippen MR) is 146 cm³/mol. The molecule has 1 atom stereocenters. The van der Waals surface area contributed by atoms with E-state index in [0.717, 1.165) is 61.5 Å². The normalized spacial score (nSPS) is 14.5. The van der Waals surface area contributed by atoms with Crippen molar-refractivity contribution in [2.24, 2.45) is 5.92 Å². The molecule has 1 aliphatic heterocycles. The largest absolute Gasteiger partial charge is 0.497 e. The molecule has 9 nitrogen and oxygen atoms in total. The molecule has 1 N–H and O–H groups in total. The lowest BCUT2D eigenvalue weighted by molar-refractivity contribution is -0.113. The third-order valence-electron chi connectivity index (χ3n) is 5.89. The van der Waals surface area contributed by atoms with Crippen molar-refractivity contribution in [2.45, 2.75) is 38.6 Å². The molecule has 1 aromatic heterocycles. The van der Waals surface area contributed by atoms with Gasteiger partial charge in [-0.05, 0) is 61.4 Å². The third-order valence-corrected chi connectivity index (χ3v) is 6.86. The highest BCUT2D eigenvalue weighted by Crippen LogP contribution is 2.27. The van der Waals surface area contributed by atoms with Gasteiger partial charge in [-0.3, -0.25) is 4.79 Å². The van der Waals surface area contributed by atoms with Crippen LogP contribution in [0, 0.1) is 5.92 Å². The zero-order chi connectivity index (χ0) is 26.2. The van der Waals surface area contributed by atoms with Crippen LogP contribution in [0.5, 0.6) is 11.5 Å². The molecule has 1 unspecified atom stereocenters. The molecule has 4 rings (SSSR count). The molecule has 3 aromatic rings. The van der Waals surface area contributed by atoms with Gasteiger partial charge in [-0.2, -0.15) is 0 Å². The number of hydrogen-bond donors (Lipinski definition) is 1. The number of thioether (sulfide) groups is 1. The summed E-state index contributed by atoms with van der Waals surface area (Å²) >= 11 is 1.37. The summed E-state index contributed by atoms with van der Waals surface area (Å²) in [5.41, 5.74) is 1.91. The molecule has 0 radical (unpaired) electrons. The average Bonchev–Trinajstić information content (AvgIpc) is 3.30. The highest BCUT2D eigenvalue weighted by molar-refractivity contribution is 7.99. The minimum absolute atomic E-state index is 0.0905. The van der Waals surface area contributed by atoms with E-state index in [0.29, 0.717) is 11.1 Å². The lowest BCUT2D eigenvalue weighted by Gasteiger charge is -2.28. The maximum atomic E-state index is 12.7. The van der Waals surface area contributed by atoms with Crippen LogP contribution in [0.4, 0.5) is 11.4 Å². The summed E-state index contributed by atoms with van der Waals surface area (Å²) < 4.78 is 18.8. The molecule has 0 saturated carbocycles. The van der Waals surface area contributed by atoms with E-state index in [1.165, 1.54) is 11.8 Å². The van der Waals surface area contributed by atoms with Crippen LogP contribution >= 0.6 is 11.8 Å². The summed E-state index contributed by atoms with van der Waals surface area (Å²) in [6.45, 7) is 10.2. The molecular weight excluding hydrogens is 490 g/mol. The fraction of sp³-hybridized carbons (Fsp3) is 0.444. The van der Waals surface area contributed by atoms with Gasteiger partial charge in [0.1, 0.15) is 11.5 Å². The Morgan fingerprint density at radius 1 is 1.03 bits per heavy atom. The van der Waals surface area contributed by atoms with E-state index < -0.39 is 0 Å². The highest BCUT2D eigenvalue weighted by atomic mass is 32.2. The number of benzene rings is 2. The van der Waals surface area contributed by atoms with Gasteiger partial charge in [0.05, 0.1) is 26.1 Å². The Morgan fingerprint density at radius 3 is 2.35 bits per heavy atom. The lowest BCUT2D eigenvalue weighted by Crippen LogP contribution is -2.36. The topological polar surface area (TPSA) is 90.7 Å². The van der Waals surface area contributed by atoms with Crippen LogP contribution in [-0.2, 0) is 16.1 Å². The molecule has 2 aromatic carbocycles. The van der Waals surface area contributed by atoms with Gasteiger partial charge in [0.2, 0.25) is 5.91 Å². The Balaban J connectivity index is 1.36.